The Morgan fingerprint density at radius 3 is 2.72 bits per heavy atom. The molecule has 0 saturated heterocycles. The van der Waals surface area contributed by atoms with Crippen molar-refractivity contribution in [2.75, 3.05) is 13.1 Å². The van der Waals surface area contributed by atoms with E-state index in [9.17, 15) is 0 Å². The summed E-state index contributed by atoms with van der Waals surface area (Å²) in [5.41, 5.74) is 3.07. The minimum Gasteiger partial charge on any atom is -0.316 e. The first-order chi connectivity index (χ1) is 8.83. The van der Waals surface area contributed by atoms with Gasteiger partial charge in [0, 0.05) is 0 Å². The van der Waals surface area contributed by atoms with Gasteiger partial charge in [-0.05, 0) is 62.2 Å². The van der Waals surface area contributed by atoms with Crippen molar-refractivity contribution in [3.8, 4) is 0 Å². The molecule has 2 atom stereocenters. The van der Waals surface area contributed by atoms with Crippen LogP contribution in [0.1, 0.15) is 56.1 Å². The molecule has 0 heterocycles. The molecule has 0 bridgehead atoms. The van der Waals surface area contributed by atoms with Gasteiger partial charge in [-0.25, -0.2) is 0 Å². The van der Waals surface area contributed by atoms with Crippen LogP contribution in [0.25, 0.3) is 0 Å². The summed E-state index contributed by atoms with van der Waals surface area (Å²) in [5.74, 6) is 1.62. The SMILES string of the molecule is CCCNCC1CCCCC1c1ccccc1C. The van der Waals surface area contributed by atoms with Gasteiger partial charge in [0.2, 0.25) is 0 Å². The average Bonchev–Trinajstić information content (AvgIpc) is 2.40. The molecule has 1 aromatic carbocycles. The van der Waals surface area contributed by atoms with Crippen molar-refractivity contribution in [1.82, 2.24) is 5.32 Å². The minimum atomic E-state index is 0.782. The van der Waals surface area contributed by atoms with E-state index in [4.69, 9.17) is 0 Å². The standard InChI is InChI=1S/C17H27N/c1-3-12-18-13-15-9-5-7-11-17(15)16-10-6-4-8-14(16)2/h4,6,8,10,15,17-18H,3,5,7,9,11-13H2,1-2H3. The Morgan fingerprint density at radius 1 is 1.17 bits per heavy atom. The Bertz CT molecular complexity index is 358. The number of aryl methyl sites for hydroxylation is 1. The largest absolute Gasteiger partial charge is 0.316 e. The van der Waals surface area contributed by atoms with E-state index in [1.807, 2.05) is 0 Å². The molecule has 1 saturated carbocycles. The van der Waals surface area contributed by atoms with Gasteiger partial charge in [0.05, 0.1) is 0 Å². The van der Waals surface area contributed by atoms with Gasteiger partial charge in [-0.15, -0.1) is 0 Å². The normalized spacial score (nSPS) is 24.1. The van der Waals surface area contributed by atoms with E-state index >= 15 is 0 Å². The van der Waals surface area contributed by atoms with Crippen LogP contribution in [0.5, 0.6) is 0 Å². The van der Waals surface area contributed by atoms with Gasteiger partial charge < -0.3 is 5.32 Å². The number of hydrogen-bond donors (Lipinski definition) is 1. The summed E-state index contributed by atoms with van der Waals surface area (Å²) in [7, 11) is 0. The molecular formula is C17H27N. The molecule has 2 unspecified atom stereocenters. The highest BCUT2D eigenvalue weighted by Gasteiger charge is 2.26. The summed E-state index contributed by atoms with van der Waals surface area (Å²) < 4.78 is 0. The zero-order valence-corrected chi connectivity index (χ0v) is 11.9. The van der Waals surface area contributed by atoms with Crippen molar-refractivity contribution in [1.29, 1.82) is 0 Å². The van der Waals surface area contributed by atoms with Crippen molar-refractivity contribution < 1.29 is 0 Å². The summed E-state index contributed by atoms with van der Waals surface area (Å²) in [5, 5.41) is 3.62. The monoisotopic (exact) mass is 245 g/mol. The van der Waals surface area contributed by atoms with E-state index < -0.39 is 0 Å². The van der Waals surface area contributed by atoms with Gasteiger partial charge in [-0.2, -0.15) is 0 Å². The Kier molecular flexibility index (Phi) is 5.25. The third kappa shape index (κ3) is 3.35. The highest BCUT2D eigenvalue weighted by atomic mass is 14.9. The van der Waals surface area contributed by atoms with Crippen molar-refractivity contribution in [2.24, 2.45) is 5.92 Å². The van der Waals surface area contributed by atoms with Crippen LogP contribution in [0.4, 0.5) is 0 Å². The predicted octanol–water partition coefficient (Wildman–Crippen LogP) is 4.27. The fraction of sp³-hybridized carbons (Fsp3) is 0.647. The van der Waals surface area contributed by atoms with Crippen molar-refractivity contribution in [2.45, 2.75) is 51.9 Å². The first-order valence-electron chi connectivity index (χ1n) is 7.59. The second kappa shape index (κ2) is 6.94. The Morgan fingerprint density at radius 2 is 1.94 bits per heavy atom. The molecule has 0 aromatic heterocycles. The summed E-state index contributed by atoms with van der Waals surface area (Å²) in [4.78, 5) is 0. The number of nitrogens with one attached hydrogen (secondary N) is 1. The van der Waals surface area contributed by atoms with E-state index in [1.165, 1.54) is 44.2 Å². The topological polar surface area (TPSA) is 12.0 Å². The molecule has 0 aliphatic heterocycles. The fourth-order valence-electron chi connectivity index (χ4n) is 3.33. The lowest BCUT2D eigenvalue weighted by molar-refractivity contribution is 0.295. The van der Waals surface area contributed by atoms with Crippen LogP contribution in [0.3, 0.4) is 0 Å². The lowest BCUT2D eigenvalue weighted by Gasteiger charge is -2.33. The second-order valence-corrected chi connectivity index (χ2v) is 5.71. The van der Waals surface area contributed by atoms with Crippen molar-refractivity contribution in [3.05, 3.63) is 35.4 Å². The lowest BCUT2D eigenvalue weighted by atomic mass is 9.74. The molecule has 1 N–H and O–H groups in total. The Hall–Kier alpha value is -0.820. The molecule has 1 aliphatic rings. The number of benzene rings is 1. The maximum Gasteiger partial charge on any atom is -0.00147 e. The summed E-state index contributed by atoms with van der Waals surface area (Å²) in [6.45, 7) is 6.87. The molecule has 0 radical (unpaired) electrons. The van der Waals surface area contributed by atoms with Crippen molar-refractivity contribution >= 4 is 0 Å². The maximum absolute atomic E-state index is 3.62. The summed E-state index contributed by atoms with van der Waals surface area (Å²) in [6.07, 6.45) is 6.84. The van der Waals surface area contributed by atoms with E-state index in [0.717, 1.165) is 18.4 Å². The maximum atomic E-state index is 3.62. The quantitative estimate of drug-likeness (QED) is 0.764. The highest BCUT2D eigenvalue weighted by molar-refractivity contribution is 5.30. The van der Waals surface area contributed by atoms with Crippen molar-refractivity contribution in [3.63, 3.8) is 0 Å². The third-order valence-corrected chi connectivity index (χ3v) is 4.33. The molecule has 1 nitrogen and oxygen atoms in total. The van der Waals surface area contributed by atoms with E-state index in [1.54, 1.807) is 5.56 Å². The smallest absolute Gasteiger partial charge is 0.00147 e. The van der Waals surface area contributed by atoms with Crippen LogP contribution < -0.4 is 5.32 Å². The molecule has 2 rings (SSSR count). The first kappa shape index (κ1) is 13.6. The van der Waals surface area contributed by atoms with Gasteiger partial charge in [0.15, 0.2) is 0 Å². The predicted molar refractivity (Wildman–Crippen MR) is 79.0 cm³/mol. The minimum absolute atomic E-state index is 0.782. The van der Waals surface area contributed by atoms with Crippen LogP contribution in [0, 0.1) is 12.8 Å². The molecule has 1 aromatic rings. The Labute approximate surface area is 112 Å². The molecule has 1 heteroatoms. The van der Waals surface area contributed by atoms with E-state index in [0.29, 0.717) is 0 Å². The Balaban J connectivity index is 2.05. The lowest BCUT2D eigenvalue weighted by Crippen LogP contribution is -2.30. The zero-order valence-electron chi connectivity index (χ0n) is 11.9. The number of hydrogen-bond acceptors (Lipinski definition) is 1. The average molecular weight is 245 g/mol. The van der Waals surface area contributed by atoms with Crippen LogP contribution in [-0.4, -0.2) is 13.1 Å². The van der Waals surface area contributed by atoms with Gasteiger partial charge in [0.25, 0.3) is 0 Å². The van der Waals surface area contributed by atoms with Crippen LogP contribution in [-0.2, 0) is 0 Å². The second-order valence-electron chi connectivity index (χ2n) is 5.71. The third-order valence-electron chi connectivity index (χ3n) is 4.33. The zero-order chi connectivity index (χ0) is 12.8. The number of rotatable bonds is 5. The van der Waals surface area contributed by atoms with Crippen LogP contribution in [0.2, 0.25) is 0 Å². The molecule has 1 aliphatic carbocycles. The van der Waals surface area contributed by atoms with E-state index in [-0.39, 0.29) is 0 Å². The molecule has 18 heavy (non-hydrogen) atoms. The van der Waals surface area contributed by atoms with Gasteiger partial charge in [-0.1, -0.05) is 44.0 Å². The van der Waals surface area contributed by atoms with E-state index in [2.05, 4.69) is 43.4 Å². The molecule has 0 spiro atoms. The van der Waals surface area contributed by atoms with Gasteiger partial charge >= 0.3 is 0 Å². The van der Waals surface area contributed by atoms with Gasteiger partial charge in [0.1, 0.15) is 0 Å². The molecule has 100 valence electrons. The first-order valence-corrected chi connectivity index (χ1v) is 7.59. The highest BCUT2D eigenvalue weighted by Crippen LogP contribution is 2.38. The van der Waals surface area contributed by atoms with Gasteiger partial charge in [-0.3, -0.25) is 0 Å². The molecule has 1 fully saturated rings. The van der Waals surface area contributed by atoms with Crippen LogP contribution in [0.15, 0.2) is 24.3 Å². The molecule has 0 amide bonds. The fourth-order valence-corrected chi connectivity index (χ4v) is 3.33. The van der Waals surface area contributed by atoms with Crippen LogP contribution >= 0.6 is 0 Å². The summed E-state index contributed by atoms with van der Waals surface area (Å²) in [6, 6.07) is 8.97. The summed E-state index contributed by atoms with van der Waals surface area (Å²) >= 11 is 0. The molecular weight excluding hydrogens is 218 g/mol.